The summed E-state index contributed by atoms with van der Waals surface area (Å²) in [4.78, 5) is 15.9. The average Bonchev–Trinajstić information content (AvgIpc) is 2.95. The van der Waals surface area contributed by atoms with E-state index < -0.39 is 0 Å². The van der Waals surface area contributed by atoms with Crippen molar-refractivity contribution in [3.63, 3.8) is 0 Å². The van der Waals surface area contributed by atoms with E-state index in [1.54, 1.807) is 4.90 Å². The molecule has 5 nitrogen and oxygen atoms in total. The number of benzene rings is 1. The number of fused-ring (bicyclic) bond motifs is 1. The predicted octanol–water partition coefficient (Wildman–Crippen LogP) is 2.91. The fourth-order valence-electron chi connectivity index (χ4n) is 3.07. The van der Waals surface area contributed by atoms with Crippen LogP contribution >= 0.6 is 11.6 Å². The van der Waals surface area contributed by atoms with Gasteiger partial charge in [0.15, 0.2) is 0 Å². The Balaban J connectivity index is 1.70. The summed E-state index contributed by atoms with van der Waals surface area (Å²) in [6, 6.07) is 3.90. The molecule has 0 spiro atoms. The van der Waals surface area contributed by atoms with Gasteiger partial charge >= 0.3 is 0 Å². The Bertz CT molecular complexity index is 674. The van der Waals surface area contributed by atoms with Crippen molar-refractivity contribution < 1.29 is 4.79 Å². The number of piperidine rings is 1. The van der Waals surface area contributed by atoms with E-state index in [4.69, 9.17) is 11.6 Å². The third-order valence-electron chi connectivity index (χ3n) is 4.42. The normalized spacial score (nSPS) is 16.2. The molecule has 0 saturated carbocycles. The van der Waals surface area contributed by atoms with Crippen LogP contribution in [0.3, 0.4) is 0 Å². The zero-order valence-electron chi connectivity index (χ0n) is 13.0. The lowest BCUT2D eigenvalue weighted by molar-refractivity contribution is -0.129. The van der Waals surface area contributed by atoms with Crippen molar-refractivity contribution in [1.82, 2.24) is 15.1 Å². The summed E-state index contributed by atoms with van der Waals surface area (Å²) in [5, 5.41) is 8.91. The van der Waals surface area contributed by atoms with Crippen LogP contribution in [0.2, 0.25) is 5.02 Å². The highest BCUT2D eigenvalue weighted by Crippen LogP contribution is 2.33. The molecule has 3 rings (SSSR count). The number of hydrogen-bond acceptors (Lipinski definition) is 3. The molecule has 1 aromatic heterocycles. The fourth-order valence-corrected chi connectivity index (χ4v) is 3.28. The molecule has 0 radical (unpaired) electrons. The molecule has 1 aliphatic rings. The predicted molar refractivity (Wildman–Crippen MR) is 89.4 cm³/mol. The van der Waals surface area contributed by atoms with Crippen LogP contribution in [-0.2, 0) is 4.79 Å². The van der Waals surface area contributed by atoms with Crippen LogP contribution in [-0.4, -0.2) is 48.2 Å². The second kappa shape index (κ2) is 6.16. The van der Waals surface area contributed by atoms with E-state index in [2.05, 4.69) is 15.1 Å². The third kappa shape index (κ3) is 3.04. The van der Waals surface area contributed by atoms with Gasteiger partial charge in [-0.2, -0.15) is 5.10 Å². The number of rotatable bonds is 3. The molecule has 0 atom stereocenters. The Morgan fingerprint density at radius 1 is 1.41 bits per heavy atom. The molecule has 118 valence electrons. The summed E-state index contributed by atoms with van der Waals surface area (Å²) >= 11 is 6.21. The minimum absolute atomic E-state index is 0.221. The van der Waals surface area contributed by atoms with Gasteiger partial charge in [0.2, 0.25) is 5.91 Å². The highest BCUT2D eigenvalue weighted by Gasteiger charge is 2.23. The highest BCUT2D eigenvalue weighted by atomic mass is 35.5. The number of hydrogen-bond donors (Lipinski definition) is 1. The molecule has 0 bridgehead atoms. The monoisotopic (exact) mass is 320 g/mol. The van der Waals surface area contributed by atoms with Gasteiger partial charge in [0, 0.05) is 49.7 Å². The Labute approximate surface area is 135 Å². The van der Waals surface area contributed by atoms with Crippen molar-refractivity contribution in [2.45, 2.75) is 19.3 Å². The van der Waals surface area contributed by atoms with Crippen LogP contribution < -0.4 is 4.90 Å². The summed E-state index contributed by atoms with van der Waals surface area (Å²) in [5.41, 5.74) is 2.10. The molecule has 1 saturated heterocycles. The molecule has 2 heterocycles. The van der Waals surface area contributed by atoms with Crippen molar-refractivity contribution in [3.05, 3.63) is 23.4 Å². The maximum Gasteiger partial charge on any atom is 0.222 e. The fraction of sp³-hybridized carbons (Fsp3) is 0.500. The number of H-pyrrole nitrogens is 1. The molecule has 1 aromatic carbocycles. The van der Waals surface area contributed by atoms with Gasteiger partial charge in [-0.25, -0.2) is 0 Å². The van der Waals surface area contributed by atoms with Crippen molar-refractivity contribution in [3.8, 4) is 0 Å². The first-order valence-electron chi connectivity index (χ1n) is 7.62. The van der Waals surface area contributed by atoms with Gasteiger partial charge in [-0.3, -0.25) is 9.89 Å². The van der Waals surface area contributed by atoms with Crippen LogP contribution in [0.5, 0.6) is 0 Å². The van der Waals surface area contributed by atoms with E-state index in [-0.39, 0.29) is 5.91 Å². The van der Waals surface area contributed by atoms with Crippen molar-refractivity contribution in [2.75, 3.05) is 32.1 Å². The molecule has 1 fully saturated rings. The van der Waals surface area contributed by atoms with Crippen molar-refractivity contribution >= 4 is 34.1 Å². The van der Waals surface area contributed by atoms with Crippen LogP contribution in [0.15, 0.2) is 18.3 Å². The van der Waals surface area contributed by atoms with E-state index >= 15 is 0 Å². The van der Waals surface area contributed by atoms with E-state index in [1.807, 2.05) is 32.4 Å². The summed E-state index contributed by atoms with van der Waals surface area (Å²) in [5.74, 6) is 0.698. The quantitative estimate of drug-likeness (QED) is 0.946. The van der Waals surface area contributed by atoms with Gasteiger partial charge in [0.05, 0.1) is 11.7 Å². The van der Waals surface area contributed by atoms with Crippen LogP contribution in [0.1, 0.15) is 19.3 Å². The molecule has 1 N–H and O–H groups in total. The van der Waals surface area contributed by atoms with Gasteiger partial charge in [0.25, 0.3) is 0 Å². The molecule has 1 aliphatic heterocycles. The van der Waals surface area contributed by atoms with E-state index in [9.17, 15) is 4.79 Å². The molecule has 1 amide bonds. The topological polar surface area (TPSA) is 52.2 Å². The average molecular weight is 321 g/mol. The minimum atomic E-state index is 0.221. The SMILES string of the molecule is CN(C)C(=O)CC1CCN(c2cc(Cl)cc3[nH]ncc23)CC1. The summed E-state index contributed by atoms with van der Waals surface area (Å²) in [6.45, 7) is 1.90. The first-order valence-corrected chi connectivity index (χ1v) is 8.00. The van der Waals surface area contributed by atoms with Gasteiger partial charge < -0.3 is 9.80 Å². The van der Waals surface area contributed by atoms with Crippen LogP contribution in [0, 0.1) is 5.92 Å². The number of anilines is 1. The summed E-state index contributed by atoms with van der Waals surface area (Å²) in [7, 11) is 3.64. The Kier molecular flexibility index (Phi) is 4.25. The molecule has 0 aliphatic carbocycles. The molecule has 6 heteroatoms. The second-order valence-electron chi connectivity index (χ2n) is 6.18. The zero-order chi connectivity index (χ0) is 15.7. The Morgan fingerprint density at radius 2 is 2.14 bits per heavy atom. The minimum Gasteiger partial charge on any atom is -0.371 e. The maximum absolute atomic E-state index is 11.8. The first kappa shape index (κ1) is 15.2. The molecular weight excluding hydrogens is 300 g/mol. The molecule has 22 heavy (non-hydrogen) atoms. The first-order chi connectivity index (χ1) is 10.5. The number of carbonyl (C=O) groups excluding carboxylic acids is 1. The van der Waals surface area contributed by atoms with E-state index in [1.165, 1.54) is 0 Å². The molecule has 0 unspecified atom stereocenters. The van der Waals surface area contributed by atoms with Gasteiger partial charge in [-0.05, 0) is 30.9 Å². The smallest absolute Gasteiger partial charge is 0.222 e. The number of aromatic amines is 1. The molecular formula is C16H21ClN4O. The van der Waals surface area contributed by atoms with Crippen LogP contribution in [0.25, 0.3) is 10.9 Å². The highest BCUT2D eigenvalue weighted by molar-refractivity contribution is 6.31. The number of nitrogens with one attached hydrogen (secondary N) is 1. The summed E-state index contributed by atoms with van der Waals surface area (Å²) in [6.07, 6.45) is 4.57. The maximum atomic E-state index is 11.8. The van der Waals surface area contributed by atoms with Crippen molar-refractivity contribution in [1.29, 1.82) is 0 Å². The zero-order valence-corrected chi connectivity index (χ0v) is 13.7. The lowest BCUT2D eigenvalue weighted by atomic mass is 9.92. The number of carbonyl (C=O) groups is 1. The number of nitrogens with zero attached hydrogens (tertiary/aromatic N) is 3. The number of halogens is 1. The second-order valence-corrected chi connectivity index (χ2v) is 6.62. The summed E-state index contributed by atoms with van der Waals surface area (Å²) < 4.78 is 0. The van der Waals surface area contributed by atoms with Crippen molar-refractivity contribution in [2.24, 2.45) is 5.92 Å². The lowest BCUT2D eigenvalue weighted by Gasteiger charge is -2.34. The standard InChI is InChI=1S/C16H21ClN4O/c1-20(2)16(22)7-11-3-5-21(6-4-11)15-9-12(17)8-14-13(15)10-18-19-14/h8-11H,3-7H2,1-2H3,(H,18,19). The molecule has 2 aromatic rings. The van der Waals surface area contributed by atoms with Crippen LogP contribution in [0.4, 0.5) is 5.69 Å². The number of amides is 1. The van der Waals surface area contributed by atoms with Gasteiger partial charge in [-0.15, -0.1) is 0 Å². The van der Waals surface area contributed by atoms with E-state index in [0.29, 0.717) is 12.3 Å². The van der Waals surface area contributed by atoms with E-state index in [0.717, 1.165) is 47.5 Å². The Hall–Kier alpha value is -1.75. The number of aromatic nitrogens is 2. The lowest BCUT2D eigenvalue weighted by Crippen LogP contribution is -2.35. The largest absolute Gasteiger partial charge is 0.371 e. The van der Waals surface area contributed by atoms with Gasteiger partial charge in [0.1, 0.15) is 0 Å². The Morgan fingerprint density at radius 3 is 2.82 bits per heavy atom. The third-order valence-corrected chi connectivity index (χ3v) is 4.64. The van der Waals surface area contributed by atoms with Gasteiger partial charge in [-0.1, -0.05) is 11.6 Å².